The standard InChI is InChI=1S/C28H32N8O2/c1-2-37-25-17-21(11-12-24(25)38-20-23-10-4-3-9-22(23)18-29)19-30-34-26-31-27(35-13-5-6-14-35)33-28(32-26)36-15-7-8-16-36/h3-4,9-12,17,19H,2,5-8,13-16,20H2,1H3,(H,31,32,33,34)/b30-19-. The van der Waals surface area contributed by atoms with Gasteiger partial charge in [-0.2, -0.15) is 25.3 Å². The highest BCUT2D eigenvalue weighted by Crippen LogP contribution is 2.29. The Morgan fingerprint density at radius 3 is 2.26 bits per heavy atom. The Kier molecular flexibility index (Phi) is 8.13. The lowest BCUT2D eigenvalue weighted by atomic mass is 10.1. The number of rotatable bonds is 10. The van der Waals surface area contributed by atoms with Crippen molar-refractivity contribution in [3.8, 4) is 17.6 Å². The smallest absolute Gasteiger partial charge is 0.250 e. The molecule has 2 aliphatic heterocycles. The zero-order chi connectivity index (χ0) is 26.2. The highest BCUT2D eigenvalue weighted by Gasteiger charge is 2.21. The van der Waals surface area contributed by atoms with Gasteiger partial charge in [-0.3, -0.25) is 0 Å². The van der Waals surface area contributed by atoms with Gasteiger partial charge in [-0.1, -0.05) is 18.2 Å². The van der Waals surface area contributed by atoms with E-state index in [1.54, 1.807) is 12.3 Å². The molecule has 1 N–H and O–H groups in total. The van der Waals surface area contributed by atoms with Crippen molar-refractivity contribution in [1.29, 1.82) is 5.26 Å². The zero-order valence-corrected chi connectivity index (χ0v) is 21.6. The van der Waals surface area contributed by atoms with Gasteiger partial charge < -0.3 is 19.3 Å². The normalized spacial score (nSPS) is 15.2. The van der Waals surface area contributed by atoms with E-state index in [2.05, 4.69) is 36.4 Å². The molecule has 0 atom stereocenters. The van der Waals surface area contributed by atoms with Crippen molar-refractivity contribution in [2.45, 2.75) is 39.2 Å². The molecule has 0 amide bonds. The number of nitrogens with one attached hydrogen (secondary N) is 1. The number of benzene rings is 2. The molecule has 0 saturated carbocycles. The molecular weight excluding hydrogens is 480 g/mol. The molecule has 2 aromatic carbocycles. The predicted octanol–water partition coefficient (Wildman–Crippen LogP) is 4.37. The summed E-state index contributed by atoms with van der Waals surface area (Å²) in [5, 5.41) is 13.7. The second kappa shape index (κ2) is 12.2. The maximum Gasteiger partial charge on any atom is 0.250 e. The number of nitrogens with zero attached hydrogens (tertiary/aromatic N) is 7. The fourth-order valence-corrected chi connectivity index (χ4v) is 4.59. The first kappa shape index (κ1) is 25.3. The fourth-order valence-electron chi connectivity index (χ4n) is 4.59. The summed E-state index contributed by atoms with van der Waals surface area (Å²) < 4.78 is 11.8. The van der Waals surface area contributed by atoms with Crippen molar-refractivity contribution in [3.05, 3.63) is 59.2 Å². The van der Waals surface area contributed by atoms with E-state index in [1.165, 1.54) is 0 Å². The third-order valence-corrected chi connectivity index (χ3v) is 6.56. The lowest BCUT2D eigenvalue weighted by Crippen LogP contribution is -2.25. The van der Waals surface area contributed by atoms with Gasteiger partial charge in [-0.05, 0) is 62.4 Å². The summed E-state index contributed by atoms with van der Waals surface area (Å²) in [6.45, 7) is 6.54. The van der Waals surface area contributed by atoms with E-state index in [9.17, 15) is 5.26 Å². The Labute approximate surface area is 222 Å². The predicted molar refractivity (Wildman–Crippen MR) is 147 cm³/mol. The molecular formula is C28H32N8O2. The van der Waals surface area contributed by atoms with Crippen molar-refractivity contribution in [1.82, 2.24) is 15.0 Å². The van der Waals surface area contributed by atoms with Crippen LogP contribution in [0.25, 0.3) is 0 Å². The van der Waals surface area contributed by atoms with Gasteiger partial charge in [0, 0.05) is 31.7 Å². The Hall–Kier alpha value is -4.39. The third-order valence-electron chi connectivity index (χ3n) is 6.56. The van der Waals surface area contributed by atoms with Crippen molar-refractivity contribution in [2.75, 3.05) is 48.0 Å². The van der Waals surface area contributed by atoms with Crippen molar-refractivity contribution < 1.29 is 9.47 Å². The second-order valence-corrected chi connectivity index (χ2v) is 9.21. The van der Waals surface area contributed by atoms with Gasteiger partial charge in [0.25, 0.3) is 0 Å². The van der Waals surface area contributed by atoms with Crippen LogP contribution in [0, 0.1) is 11.3 Å². The number of ether oxygens (including phenoxy) is 2. The highest BCUT2D eigenvalue weighted by molar-refractivity contribution is 5.81. The van der Waals surface area contributed by atoms with Crippen LogP contribution in [0.3, 0.4) is 0 Å². The molecule has 2 saturated heterocycles. The molecule has 2 fully saturated rings. The Morgan fingerprint density at radius 1 is 0.921 bits per heavy atom. The van der Waals surface area contributed by atoms with E-state index >= 15 is 0 Å². The Bertz CT molecular complexity index is 1280. The van der Waals surface area contributed by atoms with Gasteiger partial charge in [-0.15, -0.1) is 0 Å². The van der Waals surface area contributed by atoms with Gasteiger partial charge in [0.05, 0.1) is 24.5 Å². The topological polar surface area (TPSA) is 112 Å². The van der Waals surface area contributed by atoms with Gasteiger partial charge in [-0.25, -0.2) is 5.43 Å². The van der Waals surface area contributed by atoms with Crippen LogP contribution in [0.4, 0.5) is 17.8 Å². The molecule has 2 aliphatic rings. The second-order valence-electron chi connectivity index (χ2n) is 9.21. The minimum absolute atomic E-state index is 0.275. The van der Waals surface area contributed by atoms with E-state index in [1.807, 2.05) is 43.3 Å². The van der Waals surface area contributed by atoms with Gasteiger partial charge in [0.1, 0.15) is 6.61 Å². The Morgan fingerprint density at radius 2 is 1.61 bits per heavy atom. The SMILES string of the molecule is CCOc1cc(/C=N\Nc2nc(N3CCCC3)nc(N3CCCC3)n2)ccc1OCc1ccccc1C#N. The van der Waals surface area contributed by atoms with E-state index in [-0.39, 0.29) is 6.61 Å². The average Bonchev–Trinajstić information content (AvgIpc) is 3.68. The lowest BCUT2D eigenvalue weighted by molar-refractivity contribution is 0.269. The number of hydrogen-bond donors (Lipinski definition) is 1. The van der Waals surface area contributed by atoms with Crippen LogP contribution in [-0.4, -0.2) is 54.0 Å². The first-order valence-electron chi connectivity index (χ1n) is 13.2. The lowest BCUT2D eigenvalue weighted by Gasteiger charge is -2.20. The Balaban J connectivity index is 1.30. The molecule has 0 radical (unpaired) electrons. The first-order valence-corrected chi connectivity index (χ1v) is 13.2. The van der Waals surface area contributed by atoms with Crippen LogP contribution in [0.15, 0.2) is 47.6 Å². The molecule has 1 aromatic heterocycles. The number of anilines is 3. The molecule has 0 spiro atoms. The minimum Gasteiger partial charge on any atom is -0.490 e. The van der Waals surface area contributed by atoms with Gasteiger partial charge in [0.15, 0.2) is 11.5 Å². The maximum absolute atomic E-state index is 9.33. The molecule has 196 valence electrons. The molecule has 10 heteroatoms. The number of hydrogen-bond acceptors (Lipinski definition) is 10. The average molecular weight is 513 g/mol. The summed E-state index contributed by atoms with van der Waals surface area (Å²) in [5.74, 6) is 3.05. The first-order chi connectivity index (χ1) is 18.7. The van der Waals surface area contributed by atoms with Crippen LogP contribution in [-0.2, 0) is 6.61 Å². The quantitative estimate of drug-likeness (QED) is 0.313. The van der Waals surface area contributed by atoms with E-state index in [4.69, 9.17) is 14.5 Å². The van der Waals surface area contributed by atoms with Crippen molar-refractivity contribution in [3.63, 3.8) is 0 Å². The van der Waals surface area contributed by atoms with Crippen LogP contribution < -0.4 is 24.7 Å². The van der Waals surface area contributed by atoms with Crippen LogP contribution >= 0.6 is 0 Å². The molecule has 38 heavy (non-hydrogen) atoms. The largest absolute Gasteiger partial charge is 0.490 e. The van der Waals surface area contributed by atoms with E-state index in [0.29, 0.717) is 41.5 Å². The van der Waals surface area contributed by atoms with Gasteiger partial charge >= 0.3 is 0 Å². The zero-order valence-electron chi connectivity index (χ0n) is 21.6. The van der Waals surface area contributed by atoms with Gasteiger partial charge in [0.2, 0.25) is 17.8 Å². The molecule has 10 nitrogen and oxygen atoms in total. The summed E-state index contributed by atoms with van der Waals surface area (Å²) >= 11 is 0. The van der Waals surface area contributed by atoms with E-state index < -0.39 is 0 Å². The fraction of sp³-hybridized carbons (Fsp3) is 0.393. The summed E-state index contributed by atoms with van der Waals surface area (Å²) in [6.07, 6.45) is 6.31. The number of aromatic nitrogens is 3. The molecule has 0 bridgehead atoms. The van der Waals surface area contributed by atoms with E-state index in [0.717, 1.165) is 63.0 Å². The molecule has 0 unspecified atom stereocenters. The molecule has 3 heterocycles. The summed E-state index contributed by atoms with van der Waals surface area (Å²) in [7, 11) is 0. The van der Waals surface area contributed by atoms with Crippen molar-refractivity contribution in [2.24, 2.45) is 5.10 Å². The third kappa shape index (κ3) is 6.11. The maximum atomic E-state index is 9.33. The number of hydrazone groups is 1. The minimum atomic E-state index is 0.275. The molecule has 5 rings (SSSR count). The van der Waals surface area contributed by atoms with Crippen LogP contribution in [0.2, 0.25) is 0 Å². The molecule has 3 aromatic rings. The van der Waals surface area contributed by atoms with Crippen molar-refractivity contribution >= 4 is 24.1 Å². The highest BCUT2D eigenvalue weighted by atomic mass is 16.5. The van der Waals surface area contributed by atoms with Crippen LogP contribution in [0.5, 0.6) is 11.5 Å². The summed E-state index contributed by atoms with van der Waals surface area (Å²) in [5.41, 5.74) is 5.25. The van der Waals surface area contributed by atoms with Crippen LogP contribution in [0.1, 0.15) is 49.3 Å². The number of nitriles is 1. The summed E-state index contributed by atoms with van der Waals surface area (Å²) in [4.78, 5) is 18.4. The molecule has 0 aliphatic carbocycles. The monoisotopic (exact) mass is 512 g/mol. The summed E-state index contributed by atoms with van der Waals surface area (Å²) in [6, 6.07) is 15.2.